The predicted molar refractivity (Wildman–Crippen MR) is 83.5 cm³/mol. The molecule has 2 aliphatic rings. The Morgan fingerprint density at radius 2 is 1.95 bits per heavy atom. The summed E-state index contributed by atoms with van der Waals surface area (Å²) in [5.74, 6) is 1.73. The molecular weight excluding hydrogens is 232 g/mol. The van der Waals surface area contributed by atoms with E-state index in [1.807, 2.05) is 0 Å². The molecule has 2 rings (SSSR count). The predicted octanol–water partition coefficient (Wildman–Crippen LogP) is 3.66. The van der Waals surface area contributed by atoms with Gasteiger partial charge in [-0.1, -0.05) is 27.2 Å². The molecule has 1 aliphatic heterocycles. The number of nitrogens with zero attached hydrogens (tertiary/aromatic N) is 1. The molecular formula is C17H34N2. The van der Waals surface area contributed by atoms with Gasteiger partial charge in [0.1, 0.15) is 0 Å². The zero-order valence-corrected chi connectivity index (χ0v) is 13.7. The minimum atomic E-state index is 0.384. The molecule has 3 atom stereocenters. The molecule has 0 aromatic heterocycles. The van der Waals surface area contributed by atoms with Crippen LogP contribution in [0.15, 0.2) is 0 Å². The molecule has 1 aliphatic carbocycles. The highest BCUT2D eigenvalue weighted by molar-refractivity contribution is 5.04. The lowest BCUT2D eigenvalue weighted by Gasteiger charge is -2.49. The summed E-state index contributed by atoms with van der Waals surface area (Å²) in [6.45, 7) is 14.4. The van der Waals surface area contributed by atoms with Crippen molar-refractivity contribution >= 4 is 0 Å². The van der Waals surface area contributed by atoms with Gasteiger partial charge < -0.3 is 5.32 Å². The number of hydrogen-bond acceptors (Lipinski definition) is 2. The van der Waals surface area contributed by atoms with Crippen molar-refractivity contribution in [1.82, 2.24) is 10.2 Å². The van der Waals surface area contributed by atoms with E-state index in [-0.39, 0.29) is 0 Å². The molecule has 0 aromatic rings. The van der Waals surface area contributed by atoms with Gasteiger partial charge in [-0.2, -0.15) is 0 Å². The molecule has 0 spiro atoms. The van der Waals surface area contributed by atoms with Crippen molar-refractivity contribution in [2.75, 3.05) is 13.1 Å². The quantitative estimate of drug-likeness (QED) is 0.789. The Hall–Kier alpha value is -0.0800. The van der Waals surface area contributed by atoms with E-state index in [1.54, 1.807) is 0 Å². The van der Waals surface area contributed by atoms with Crippen molar-refractivity contribution in [2.45, 2.75) is 84.3 Å². The molecule has 2 fully saturated rings. The van der Waals surface area contributed by atoms with Crippen LogP contribution in [-0.4, -0.2) is 35.6 Å². The highest BCUT2D eigenvalue weighted by Crippen LogP contribution is 2.42. The highest BCUT2D eigenvalue weighted by atomic mass is 15.3. The summed E-state index contributed by atoms with van der Waals surface area (Å²) in [6, 6.07) is 1.49. The topological polar surface area (TPSA) is 15.3 Å². The average molecular weight is 266 g/mol. The van der Waals surface area contributed by atoms with E-state index < -0.39 is 0 Å². The van der Waals surface area contributed by atoms with E-state index in [2.05, 4.69) is 44.8 Å². The minimum absolute atomic E-state index is 0.384. The van der Waals surface area contributed by atoms with Crippen LogP contribution in [0.5, 0.6) is 0 Å². The van der Waals surface area contributed by atoms with Crippen molar-refractivity contribution in [3.8, 4) is 0 Å². The SMILES string of the molecule is CCCC(C)N1CC(C)(C2CC2)NCC1CC(C)C. The average Bonchev–Trinajstić information content (AvgIpc) is 3.15. The lowest BCUT2D eigenvalue weighted by Crippen LogP contribution is -2.65. The Bertz CT molecular complexity index is 285. The smallest absolute Gasteiger partial charge is 0.0309 e. The molecule has 19 heavy (non-hydrogen) atoms. The van der Waals surface area contributed by atoms with Crippen molar-refractivity contribution in [2.24, 2.45) is 11.8 Å². The fourth-order valence-electron chi connectivity index (χ4n) is 3.89. The molecule has 1 saturated heterocycles. The van der Waals surface area contributed by atoms with Crippen molar-refractivity contribution in [1.29, 1.82) is 0 Å². The summed E-state index contributed by atoms with van der Waals surface area (Å²) in [6.07, 6.45) is 6.86. The van der Waals surface area contributed by atoms with E-state index in [9.17, 15) is 0 Å². The molecule has 1 heterocycles. The van der Waals surface area contributed by atoms with E-state index in [0.29, 0.717) is 5.54 Å². The first-order chi connectivity index (χ1) is 8.96. The molecule has 0 amide bonds. The number of hydrogen-bond donors (Lipinski definition) is 1. The van der Waals surface area contributed by atoms with Crippen molar-refractivity contribution in [3.05, 3.63) is 0 Å². The summed E-state index contributed by atoms with van der Waals surface area (Å²) in [7, 11) is 0. The standard InChI is InChI=1S/C17H34N2/c1-6-7-14(4)19-12-17(5,15-8-9-15)18-11-16(19)10-13(2)3/h13-16,18H,6-12H2,1-5H3. The van der Waals surface area contributed by atoms with Crippen molar-refractivity contribution < 1.29 is 0 Å². The maximum atomic E-state index is 3.90. The molecule has 0 radical (unpaired) electrons. The van der Waals surface area contributed by atoms with Gasteiger partial charge in [-0.15, -0.1) is 0 Å². The molecule has 1 N–H and O–H groups in total. The van der Waals surface area contributed by atoms with Crippen LogP contribution >= 0.6 is 0 Å². The zero-order valence-electron chi connectivity index (χ0n) is 13.7. The number of rotatable bonds is 6. The van der Waals surface area contributed by atoms with Crippen LogP contribution in [0, 0.1) is 11.8 Å². The van der Waals surface area contributed by atoms with Crippen LogP contribution in [0.3, 0.4) is 0 Å². The third kappa shape index (κ3) is 3.72. The Kier molecular flexibility index (Phi) is 4.94. The van der Waals surface area contributed by atoms with E-state index in [1.165, 1.54) is 45.2 Å². The molecule has 2 heteroatoms. The molecule has 1 saturated carbocycles. The van der Waals surface area contributed by atoms with E-state index in [4.69, 9.17) is 0 Å². The van der Waals surface area contributed by atoms with Gasteiger partial charge in [0.05, 0.1) is 0 Å². The van der Waals surface area contributed by atoms with Crippen molar-refractivity contribution in [3.63, 3.8) is 0 Å². The first kappa shape index (κ1) is 15.3. The van der Waals surface area contributed by atoms with Crippen LogP contribution in [0.25, 0.3) is 0 Å². The Morgan fingerprint density at radius 3 is 2.47 bits per heavy atom. The number of piperazine rings is 1. The van der Waals surface area contributed by atoms with Gasteiger partial charge in [-0.05, 0) is 51.4 Å². The molecule has 0 bridgehead atoms. The van der Waals surface area contributed by atoms with Gasteiger partial charge >= 0.3 is 0 Å². The zero-order chi connectivity index (χ0) is 14.0. The monoisotopic (exact) mass is 266 g/mol. The lowest BCUT2D eigenvalue weighted by molar-refractivity contribution is 0.0319. The third-order valence-electron chi connectivity index (χ3n) is 5.22. The summed E-state index contributed by atoms with van der Waals surface area (Å²) in [5.41, 5.74) is 0.384. The number of nitrogens with one attached hydrogen (secondary N) is 1. The van der Waals surface area contributed by atoms with Crippen LogP contribution < -0.4 is 5.32 Å². The summed E-state index contributed by atoms with van der Waals surface area (Å²) < 4.78 is 0. The van der Waals surface area contributed by atoms with Crippen LogP contribution in [0.2, 0.25) is 0 Å². The third-order valence-corrected chi connectivity index (χ3v) is 5.22. The maximum absolute atomic E-state index is 3.90. The maximum Gasteiger partial charge on any atom is 0.0309 e. The summed E-state index contributed by atoms with van der Waals surface area (Å²) in [4.78, 5) is 2.83. The Morgan fingerprint density at radius 1 is 1.26 bits per heavy atom. The first-order valence-electron chi connectivity index (χ1n) is 8.47. The van der Waals surface area contributed by atoms with Gasteiger partial charge in [0.15, 0.2) is 0 Å². The second-order valence-corrected chi connectivity index (χ2v) is 7.67. The second kappa shape index (κ2) is 6.13. The van der Waals surface area contributed by atoms with Gasteiger partial charge in [0.25, 0.3) is 0 Å². The lowest BCUT2D eigenvalue weighted by atomic mass is 9.87. The molecule has 0 aromatic carbocycles. The van der Waals surface area contributed by atoms with Gasteiger partial charge in [-0.25, -0.2) is 0 Å². The molecule has 3 unspecified atom stereocenters. The van der Waals surface area contributed by atoms with Gasteiger partial charge in [-0.3, -0.25) is 4.90 Å². The first-order valence-corrected chi connectivity index (χ1v) is 8.47. The van der Waals surface area contributed by atoms with Gasteiger partial charge in [0.2, 0.25) is 0 Å². The Labute approximate surface area is 120 Å². The normalized spacial score (nSPS) is 34.7. The van der Waals surface area contributed by atoms with Crippen LogP contribution in [-0.2, 0) is 0 Å². The summed E-state index contributed by atoms with van der Waals surface area (Å²) >= 11 is 0. The van der Waals surface area contributed by atoms with Gasteiger partial charge in [0, 0.05) is 30.7 Å². The fraction of sp³-hybridized carbons (Fsp3) is 1.00. The van der Waals surface area contributed by atoms with Crippen LogP contribution in [0.4, 0.5) is 0 Å². The second-order valence-electron chi connectivity index (χ2n) is 7.67. The van der Waals surface area contributed by atoms with Crippen LogP contribution in [0.1, 0.15) is 66.7 Å². The van der Waals surface area contributed by atoms with E-state index >= 15 is 0 Å². The Balaban J connectivity index is 2.04. The fourth-order valence-corrected chi connectivity index (χ4v) is 3.89. The minimum Gasteiger partial charge on any atom is -0.308 e. The summed E-state index contributed by atoms with van der Waals surface area (Å²) in [5, 5.41) is 3.90. The highest BCUT2D eigenvalue weighted by Gasteiger charge is 2.46. The van der Waals surface area contributed by atoms with E-state index in [0.717, 1.165) is 23.9 Å². The molecule has 2 nitrogen and oxygen atoms in total. The molecule has 112 valence electrons. The largest absolute Gasteiger partial charge is 0.308 e.